The van der Waals surface area contributed by atoms with Gasteiger partial charge in [0.05, 0.1) is 33.5 Å². The third-order valence-corrected chi connectivity index (χ3v) is 5.12. The summed E-state index contributed by atoms with van der Waals surface area (Å²) in [6, 6.07) is 3.63. The number of hydrogen-bond donors (Lipinski definition) is 3. The first-order valence-electron chi connectivity index (χ1n) is 8.20. The summed E-state index contributed by atoms with van der Waals surface area (Å²) in [6.07, 6.45) is 0.769. The molecule has 7 nitrogen and oxygen atoms in total. The number of aliphatic hydroxyl groups is 1. The Hall–Kier alpha value is -1.80. The summed E-state index contributed by atoms with van der Waals surface area (Å²) < 4.78 is 16.1. The number of methoxy groups -OCH3 is 3. The van der Waals surface area contributed by atoms with Crippen molar-refractivity contribution >= 4 is 23.4 Å². The second-order valence-electron chi connectivity index (χ2n) is 5.76. The Morgan fingerprint density at radius 3 is 2.40 bits per heavy atom. The van der Waals surface area contributed by atoms with Gasteiger partial charge in [-0.25, -0.2) is 4.99 Å². The van der Waals surface area contributed by atoms with Crippen LogP contribution in [0.15, 0.2) is 17.1 Å². The fourth-order valence-electron chi connectivity index (χ4n) is 2.54. The SMILES string of the molecule is CCNC(=NCC1(O)CCSC1)Nc1cc(OC)c(OC)c(OC)c1. The third kappa shape index (κ3) is 5.09. The molecule has 3 N–H and O–H groups in total. The molecule has 1 atom stereocenters. The van der Waals surface area contributed by atoms with Crippen LogP contribution < -0.4 is 24.8 Å². The van der Waals surface area contributed by atoms with Crippen molar-refractivity contribution in [3.8, 4) is 17.2 Å². The Kier molecular flexibility index (Phi) is 7.07. The van der Waals surface area contributed by atoms with Gasteiger partial charge in [0.1, 0.15) is 0 Å². The molecule has 1 heterocycles. The molecule has 1 saturated heterocycles. The molecule has 0 aromatic heterocycles. The highest BCUT2D eigenvalue weighted by atomic mass is 32.2. The van der Waals surface area contributed by atoms with Gasteiger partial charge < -0.3 is 30.0 Å². The summed E-state index contributed by atoms with van der Waals surface area (Å²) in [5, 5.41) is 16.9. The van der Waals surface area contributed by atoms with E-state index in [0.717, 1.165) is 23.6 Å². The predicted octanol–water partition coefficient (Wildman–Crippen LogP) is 1.96. The monoisotopic (exact) mass is 369 g/mol. The molecule has 1 fully saturated rings. The first-order chi connectivity index (χ1) is 12.0. The van der Waals surface area contributed by atoms with E-state index in [-0.39, 0.29) is 0 Å². The van der Waals surface area contributed by atoms with Gasteiger partial charge in [-0.3, -0.25) is 0 Å². The highest BCUT2D eigenvalue weighted by Crippen LogP contribution is 2.39. The summed E-state index contributed by atoms with van der Waals surface area (Å²) in [4.78, 5) is 4.53. The van der Waals surface area contributed by atoms with Gasteiger partial charge >= 0.3 is 0 Å². The average molecular weight is 369 g/mol. The zero-order valence-electron chi connectivity index (χ0n) is 15.2. The number of ether oxygens (including phenoxy) is 3. The Balaban J connectivity index is 2.20. The number of guanidine groups is 1. The Bertz CT molecular complexity index is 579. The fourth-order valence-corrected chi connectivity index (χ4v) is 3.83. The number of aliphatic imine (C=N–C) groups is 1. The van der Waals surface area contributed by atoms with E-state index in [9.17, 15) is 5.11 Å². The summed E-state index contributed by atoms with van der Waals surface area (Å²) >= 11 is 1.76. The fraction of sp³-hybridized carbons (Fsp3) is 0.588. The number of hydrogen-bond acceptors (Lipinski definition) is 6. The van der Waals surface area contributed by atoms with Gasteiger partial charge in [-0.1, -0.05) is 0 Å². The van der Waals surface area contributed by atoms with E-state index in [2.05, 4.69) is 15.6 Å². The second-order valence-corrected chi connectivity index (χ2v) is 6.87. The molecular weight excluding hydrogens is 342 g/mol. The van der Waals surface area contributed by atoms with Crippen LogP contribution in [0.3, 0.4) is 0 Å². The third-order valence-electron chi connectivity index (χ3n) is 3.89. The van der Waals surface area contributed by atoms with Crippen molar-refractivity contribution in [2.45, 2.75) is 18.9 Å². The van der Waals surface area contributed by atoms with Crippen LogP contribution >= 0.6 is 11.8 Å². The Labute approximate surface area is 153 Å². The molecule has 2 rings (SSSR count). The lowest BCUT2D eigenvalue weighted by Gasteiger charge is -2.20. The van der Waals surface area contributed by atoms with Crippen LogP contribution in [0.4, 0.5) is 5.69 Å². The van der Waals surface area contributed by atoms with E-state index in [1.165, 1.54) is 0 Å². The van der Waals surface area contributed by atoms with E-state index >= 15 is 0 Å². The minimum atomic E-state index is -0.720. The Morgan fingerprint density at radius 2 is 1.92 bits per heavy atom. The predicted molar refractivity (Wildman–Crippen MR) is 103 cm³/mol. The molecule has 1 aromatic carbocycles. The van der Waals surface area contributed by atoms with Crippen molar-refractivity contribution in [1.82, 2.24) is 5.32 Å². The van der Waals surface area contributed by atoms with Gasteiger partial charge in [0.2, 0.25) is 5.75 Å². The molecule has 8 heteroatoms. The van der Waals surface area contributed by atoms with E-state index in [1.54, 1.807) is 33.1 Å². The van der Waals surface area contributed by atoms with Crippen LogP contribution in [0, 0.1) is 0 Å². The van der Waals surface area contributed by atoms with Crippen LogP contribution in [0.5, 0.6) is 17.2 Å². The zero-order valence-corrected chi connectivity index (χ0v) is 16.0. The molecule has 1 aliphatic rings. The lowest BCUT2D eigenvalue weighted by molar-refractivity contribution is 0.0779. The van der Waals surface area contributed by atoms with E-state index < -0.39 is 5.60 Å². The first kappa shape index (κ1) is 19.5. The summed E-state index contributed by atoms with van der Waals surface area (Å²) in [7, 11) is 4.72. The minimum Gasteiger partial charge on any atom is -0.493 e. The van der Waals surface area contributed by atoms with E-state index in [4.69, 9.17) is 14.2 Å². The summed E-state index contributed by atoms with van der Waals surface area (Å²) in [6.45, 7) is 3.07. The normalized spacial score (nSPS) is 20.3. The quantitative estimate of drug-likeness (QED) is 0.500. The van der Waals surface area contributed by atoms with Gasteiger partial charge in [0.25, 0.3) is 0 Å². The van der Waals surface area contributed by atoms with Crippen LogP contribution in [0.1, 0.15) is 13.3 Å². The minimum absolute atomic E-state index is 0.361. The van der Waals surface area contributed by atoms with Crippen molar-refractivity contribution in [2.24, 2.45) is 4.99 Å². The molecule has 0 spiro atoms. The maximum Gasteiger partial charge on any atom is 0.203 e. The number of benzene rings is 1. The molecule has 140 valence electrons. The van der Waals surface area contributed by atoms with Crippen molar-refractivity contribution in [3.63, 3.8) is 0 Å². The molecule has 0 aliphatic carbocycles. The van der Waals surface area contributed by atoms with Crippen LogP contribution in [-0.4, -0.2) is 62.6 Å². The molecule has 0 bridgehead atoms. The number of nitrogens with zero attached hydrogens (tertiary/aromatic N) is 1. The Morgan fingerprint density at radius 1 is 1.24 bits per heavy atom. The number of nitrogens with one attached hydrogen (secondary N) is 2. The highest BCUT2D eigenvalue weighted by molar-refractivity contribution is 7.99. The van der Waals surface area contributed by atoms with E-state index in [1.807, 2.05) is 19.1 Å². The van der Waals surface area contributed by atoms with Gasteiger partial charge in [0, 0.05) is 30.1 Å². The molecule has 0 saturated carbocycles. The maximum absolute atomic E-state index is 10.5. The van der Waals surface area contributed by atoms with E-state index in [0.29, 0.717) is 36.3 Å². The topological polar surface area (TPSA) is 84.3 Å². The lowest BCUT2D eigenvalue weighted by atomic mass is 10.1. The lowest BCUT2D eigenvalue weighted by Crippen LogP contribution is -2.36. The standard InChI is InChI=1S/C17H27N3O4S/c1-5-18-16(19-10-17(21)6-7-25-11-17)20-12-8-13(22-2)15(24-4)14(9-12)23-3/h8-9,21H,5-7,10-11H2,1-4H3,(H2,18,19,20). The van der Waals surface area contributed by atoms with Gasteiger partial charge in [0.15, 0.2) is 17.5 Å². The van der Waals surface area contributed by atoms with Gasteiger partial charge in [-0.05, 0) is 19.1 Å². The smallest absolute Gasteiger partial charge is 0.203 e. The molecule has 25 heavy (non-hydrogen) atoms. The summed E-state index contributed by atoms with van der Waals surface area (Å²) in [5.74, 6) is 3.96. The molecule has 0 amide bonds. The van der Waals surface area contributed by atoms with Crippen LogP contribution in [0.25, 0.3) is 0 Å². The molecule has 1 aliphatic heterocycles. The van der Waals surface area contributed by atoms with Gasteiger partial charge in [-0.15, -0.1) is 0 Å². The van der Waals surface area contributed by atoms with Crippen molar-refractivity contribution in [1.29, 1.82) is 0 Å². The van der Waals surface area contributed by atoms with Crippen LogP contribution in [0.2, 0.25) is 0 Å². The number of anilines is 1. The number of rotatable bonds is 7. The largest absolute Gasteiger partial charge is 0.493 e. The molecule has 1 aromatic rings. The van der Waals surface area contributed by atoms with Crippen LogP contribution in [-0.2, 0) is 0 Å². The summed E-state index contributed by atoms with van der Waals surface area (Å²) in [5.41, 5.74) is 0.0319. The van der Waals surface area contributed by atoms with Crippen molar-refractivity contribution in [3.05, 3.63) is 12.1 Å². The van der Waals surface area contributed by atoms with Gasteiger partial charge in [-0.2, -0.15) is 11.8 Å². The maximum atomic E-state index is 10.5. The molecule has 0 radical (unpaired) electrons. The molecule has 1 unspecified atom stereocenters. The van der Waals surface area contributed by atoms with Crippen molar-refractivity contribution in [2.75, 3.05) is 51.2 Å². The second kappa shape index (κ2) is 9.05. The number of thioether (sulfide) groups is 1. The average Bonchev–Trinajstić information content (AvgIpc) is 3.06. The zero-order chi connectivity index (χ0) is 18.3. The first-order valence-corrected chi connectivity index (χ1v) is 9.36. The van der Waals surface area contributed by atoms with Crippen molar-refractivity contribution < 1.29 is 19.3 Å². The highest BCUT2D eigenvalue weighted by Gasteiger charge is 2.31. The molecular formula is C17H27N3O4S.